The van der Waals surface area contributed by atoms with Gasteiger partial charge in [0.1, 0.15) is 5.01 Å². The van der Waals surface area contributed by atoms with E-state index in [1.807, 2.05) is 12.3 Å². The molecule has 0 radical (unpaired) electrons. The first-order chi connectivity index (χ1) is 9.34. The number of nitrogens with one attached hydrogen (secondary N) is 2. The molecule has 0 aliphatic rings. The van der Waals surface area contributed by atoms with E-state index in [2.05, 4.69) is 15.6 Å². The van der Waals surface area contributed by atoms with Crippen LogP contribution in [-0.4, -0.2) is 27.6 Å². The summed E-state index contributed by atoms with van der Waals surface area (Å²) in [5.41, 5.74) is -0.566. The highest BCUT2D eigenvalue weighted by Crippen LogP contribution is 2.19. The Labute approximate surface area is 122 Å². The quantitative estimate of drug-likeness (QED) is 0.721. The van der Waals surface area contributed by atoms with Crippen molar-refractivity contribution in [3.05, 3.63) is 16.6 Å². The number of hydrogen-bond donors (Lipinski definition) is 3. The lowest BCUT2D eigenvalue weighted by molar-refractivity contribution is -0.137. The highest BCUT2D eigenvalue weighted by atomic mass is 32.1. The Bertz CT molecular complexity index is 446. The molecule has 2 amide bonds. The molecule has 1 unspecified atom stereocenters. The number of rotatable bonds is 7. The van der Waals surface area contributed by atoms with E-state index < -0.39 is 11.5 Å². The summed E-state index contributed by atoms with van der Waals surface area (Å²) in [4.78, 5) is 26.7. The molecule has 0 saturated heterocycles. The lowest BCUT2D eigenvalue weighted by Crippen LogP contribution is -2.49. The first-order valence-corrected chi connectivity index (χ1v) is 7.42. The van der Waals surface area contributed by atoms with Crippen molar-refractivity contribution in [2.75, 3.05) is 0 Å². The molecule has 7 heteroatoms. The average molecular weight is 299 g/mol. The van der Waals surface area contributed by atoms with Crippen molar-refractivity contribution in [1.82, 2.24) is 15.6 Å². The summed E-state index contributed by atoms with van der Waals surface area (Å²) in [5, 5.41) is 17.1. The van der Waals surface area contributed by atoms with Crippen molar-refractivity contribution in [3.63, 3.8) is 0 Å². The second-order valence-electron chi connectivity index (χ2n) is 5.21. The second kappa shape index (κ2) is 7.23. The Kier molecular flexibility index (Phi) is 5.94. The maximum absolute atomic E-state index is 12.0. The van der Waals surface area contributed by atoms with Gasteiger partial charge in [0.15, 0.2) is 0 Å². The SMILES string of the molecule is CCC(NC(=O)NC(C)(C)CCC(=O)O)c1nccs1. The van der Waals surface area contributed by atoms with Gasteiger partial charge in [-0.15, -0.1) is 11.3 Å². The zero-order chi connectivity index (χ0) is 15.2. The van der Waals surface area contributed by atoms with Crippen LogP contribution in [0.1, 0.15) is 51.1 Å². The van der Waals surface area contributed by atoms with E-state index in [1.165, 1.54) is 11.3 Å². The number of carboxylic acids is 1. The topological polar surface area (TPSA) is 91.3 Å². The molecule has 0 aliphatic heterocycles. The molecule has 1 atom stereocenters. The summed E-state index contributed by atoms with van der Waals surface area (Å²) < 4.78 is 0. The van der Waals surface area contributed by atoms with E-state index in [1.54, 1.807) is 20.0 Å². The van der Waals surface area contributed by atoms with Crippen LogP contribution in [0.5, 0.6) is 0 Å². The molecule has 112 valence electrons. The normalized spacial score (nSPS) is 12.8. The zero-order valence-electron chi connectivity index (χ0n) is 12.0. The standard InChI is InChI=1S/C13H21N3O3S/c1-4-9(11-14-7-8-20-11)15-12(19)16-13(2,3)6-5-10(17)18/h7-9H,4-6H2,1-3H3,(H,17,18)(H2,15,16,19). The monoisotopic (exact) mass is 299 g/mol. The lowest BCUT2D eigenvalue weighted by Gasteiger charge is -2.27. The van der Waals surface area contributed by atoms with Gasteiger partial charge >= 0.3 is 12.0 Å². The van der Waals surface area contributed by atoms with Crippen molar-refractivity contribution < 1.29 is 14.7 Å². The molecule has 0 aromatic carbocycles. The van der Waals surface area contributed by atoms with Gasteiger partial charge in [0, 0.05) is 23.5 Å². The molecular formula is C13H21N3O3S. The van der Waals surface area contributed by atoms with Crippen LogP contribution in [0.15, 0.2) is 11.6 Å². The molecule has 0 saturated carbocycles. The number of aliphatic carboxylic acids is 1. The predicted molar refractivity (Wildman–Crippen MR) is 77.8 cm³/mol. The fourth-order valence-electron chi connectivity index (χ4n) is 1.73. The van der Waals surface area contributed by atoms with E-state index in [0.717, 1.165) is 11.4 Å². The van der Waals surface area contributed by atoms with Crippen molar-refractivity contribution in [2.45, 2.75) is 51.6 Å². The Morgan fingerprint density at radius 1 is 1.50 bits per heavy atom. The van der Waals surface area contributed by atoms with Gasteiger partial charge in [0.05, 0.1) is 6.04 Å². The van der Waals surface area contributed by atoms with E-state index in [-0.39, 0.29) is 18.5 Å². The van der Waals surface area contributed by atoms with E-state index in [9.17, 15) is 9.59 Å². The Balaban J connectivity index is 2.51. The molecule has 1 heterocycles. The smallest absolute Gasteiger partial charge is 0.315 e. The number of nitrogens with zero attached hydrogens (tertiary/aromatic N) is 1. The highest BCUT2D eigenvalue weighted by Gasteiger charge is 2.23. The van der Waals surface area contributed by atoms with E-state index in [0.29, 0.717) is 6.42 Å². The minimum atomic E-state index is -0.866. The molecule has 0 bridgehead atoms. The third-order valence-electron chi connectivity index (χ3n) is 2.88. The van der Waals surface area contributed by atoms with Gasteiger partial charge in [-0.25, -0.2) is 9.78 Å². The molecule has 1 rings (SSSR count). The number of aromatic nitrogens is 1. The molecule has 1 aromatic heterocycles. The maximum atomic E-state index is 12.0. The summed E-state index contributed by atoms with van der Waals surface area (Å²) in [6, 6.07) is -0.423. The van der Waals surface area contributed by atoms with Crippen LogP contribution in [0.2, 0.25) is 0 Å². The van der Waals surface area contributed by atoms with Gasteiger partial charge in [-0.1, -0.05) is 6.92 Å². The van der Waals surface area contributed by atoms with Crippen molar-refractivity contribution in [2.24, 2.45) is 0 Å². The number of carbonyl (C=O) groups excluding carboxylic acids is 1. The largest absolute Gasteiger partial charge is 0.481 e. The van der Waals surface area contributed by atoms with Crippen LogP contribution in [-0.2, 0) is 4.79 Å². The Hall–Kier alpha value is -1.63. The number of hydrogen-bond acceptors (Lipinski definition) is 4. The molecule has 0 aliphatic carbocycles. The fraction of sp³-hybridized carbons (Fsp3) is 0.615. The molecule has 0 spiro atoms. The van der Waals surface area contributed by atoms with Crippen LogP contribution in [0.25, 0.3) is 0 Å². The van der Waals surface area contributed by atoms with Crippen molar-refractivity contribution >= 4 is 23.3 Å². The van der Waals surface area contributed by atoms with Crippen LogP contribution in [0, 0.1) is 0 Å². The minimum absolute atomic E-state index is 0.0248. The second-order valence-corrected chi connectivity index (χ2v) is 6.13. The molecule has 20 heavy (non-hydrogen) atoms. The van der Waals surface area contributed by atoms with Gasteiger partial charge in [0.25, 0.3) is 0 Å². The Morgan fingerprint density at radius 2 is 2.20 bits per heavy atom. The number of carboxylic acid groups (broad SMARTS) is 1. The van der Waals surface area contributed by atoms with Crippen molar-refractivity contribution in [1.29, 1.82) is 0 Å². The van der Waals surface area contributed by atoms with Crippen LogP contribution in [0.3, 0.4) is 0 Å². The van der Waals surface area contributed by atoms with Crippen LogP contribution >= 0.6 is 11.3 Å². The third kappa shape index (κ3) is 5.56. The Morgan fingerprint density at radius 3 is 2.70 bits per heavy atom. The lowest BCUT2D eigenvalue weighted by atomic mass is 9.99. The van der Waals surface area contributed by atoms with Crippen molar-refractivity contribution in [3.8, 4) is 0 Å². The third-order valence-corrected chi connectivity index (χ3v) is 3.77. The highest BCUT2D eigenvalue weighted by molar-refractivity contribution is 7.09. The minimum Gasteiger partial charge on any atom is -0.481 e. The number of carbonyl (C=O) groups is 2. The van der Waals surface area contributed by atoms with Gasteiger partial charge < -0.3 is 15.7 Å². The summed E-state index contributed by atoms with van der Waals surface area (Å²) in [6.45, 7) is 5.58. The summed E-state index contributed by atoms with van der Waals surface area (Å²) in [5.74, 6) is -0.866. The fourth-order valence-corrected chi connectivity index (χ4v) is 2.50. The summed E-state index contributed by atoms with van der Waals surface area (Å²) >= 11 is 1.50. The molecule has 3 N–H and O–H groups in total. The van der Waals surface area contributed by atoms with Crippen LogP contribution < -0.4 is 10.6 Å². The molecule has 1 aromatic rings. The summed E-state index contributed by atoms with van der Waals surface area (Å²) in [7, 11) is 0. The maximum Gasteiger partial charge on any atom is 0.315 e. The molecule has 6 nitrogen and oxygen atoms in total. The number of thiazole rings is 1. The average Bonchev–Trinajstić information content (AvgIpc) is 2.86. The first kappa shape index (κ1) is 16.4. The van der Waals surface area contributed by atoms with E-state index >= 15 is 0 Å². The van der Waals surface area contributed by atoms with Crippen LogP contribution in [0.4, 0.5) is 4.79 Å². The first-order valence-electron chi connectivity index (χ1n) is 6.54. The van der Waals surface area contributed by atoms with Gasteiger partial charge in [-0.05, 0) is 26.7 Å². The van der Waals surface area contributed by atoms with Gasteiger partial charge in [-0.3, -0.25) is 4.79 Å². The van der Waals surface area contributed by atoms with Gasteiger partial charge in [-0.2, -0.15) is 0 Å². The zero-order valence-corrected chi connectivity index (χ0v) is 12.8. The van der Waals surface area contributed by atoms with Gasteiger partial charge in [0.2, 0.25) is 0 Å². The summed E-state index contributed by atoms with van der Waals surface area (Å²) in [6.07, 6.45) is 2.86. The predicted octanol–water partition coefficient (Wildman–Crippen LogP) is 2.54. The molecular weight excluding hydrogens is 278 g/mol. The van der Waals surface area contributed by atoms with E-state index in [4.69, 9.17) is 5.11 Å². The number of urea groups is 1. The molecule has 0 fully saturated rings. The number of amides is 2.